The molecule has 1 aromatic carbocycles. The number of nitrogens with two attached hydrogens (primary N) is 1. The van der Waals surface area contributed by atoms with Gasteiger partial charge in [0.25, 0.3) is 0 Å². The summed E-state index contributed by atoms with van der Waals surface area (Å²) >= 11 is 0. The number of hydrogen-bond acceptors (Lipinski definition) is 3. The maximum Gasteiger partial charge on any atom is 0.125 e. The summed E-state index contributed by atoms with van der Waals surface area (Å²) in [6, 6.07) is 4.33. The second kappa shape index (κ2) is 6.33. The van der Waals surface area contributed by atoms with Crippen molar-refractivity contribution in [2.75, 3.05) is 24.2 Å². The summed E-state index contributed by atoms with van der Waals surface area (Å²) in [5.74, 6) is 0.00400. The number of aliphatic hydroxyl groups is 1. The van der Waals surface area contributed by atoms with E-state index in [2.05, 4.69) is 5.32 Å². The van der Waals surface area contributed by atoms with Gasteiger partial charge in [-0.15, -0.1) is 0 Å². The highest BCUT2D eigenvalue weighted by Gasteiger charge is 2.01. The van der Waals surface area contributed by atoms with Gasteiger partial charge in [0.2, 0.25) is 0 Å². The molecule has 0 spiro atoms. The normalized spacial score (nSPS) is 12.4. The zero-order chi connectivity index (χ0) is 12.0. The maximum atomic E-state index is 12.8. The van der Waals surface area contributed by atoms with E-state index in [4.69, 9.17) is 10.8 Å². The van der Waals surface area contributed by atoms with Crippen molar-refractivity contribution < 1.29 is 9.50 Å². The van der Waals surface area contributed by atoms with Crippen LogP contribution >= 0.6 is 0 Å². The SMILES string of the molecule is CC(CO)CCCNc1ccc(F)cc1N. The molecule has 1 aromatic rings. The van der Waals surface area contributed by atoms with Gasteiger partial charge >= 0.3 is 0 Å². The molecule has 1 unspecified atom stereocenters. The smallest absolute Gasteiger partial charge is 0.125 e. The molecule has 4 heteroatoms. The predicted octanol–water partition coefficient (Wildman–Crippen LogP) is 2.23. The first-order valence-electron chi connectivity index (χ1n) is 5.53. The number of rotatable bonds is 6. The van der Waals surface area contributed by atoms with Gasteiger partial charge in [0.05, 0.1) is 11.4 Å². The van der Waals surface area contributed by atoms with Crippen LogP contribution < -0.4 is 11.1 Å². The topological polar surface area (TPSA) is 58.3 Å². The van der Waals surface area contributed by atoms with Crippen LogP contribution in [0.15, 0.2) is 18.2 Å². The third-order valence-corrected chi connectivity index (χ3v) is 2.51. The second-order valence-corrected chi connectivity index (χ2v) is 4.09. The molecule has 0 aliphatic rings. The fourth-order valence-electron chi connectivity index (χ4n) is 1.46. The molecule has 0 aliphatic carbocycles. The molecule has 4 N–H and O–H groups in total. The van der Waals surface area contributed by atoms with Gasteiger partial charge in [-0.25, -0.2) is 4.39 Å². The van der Waals surface area contributed by atoms with Crippen LogP contribution in [0.4, 0.5) is 15.8 Å². The van der Waals surface area contributed by atoms with Gasteiger partial charge in [-0.2, -0.15) is 0 Å². The van der Waals surface area contributed by atoms with E-state index in [-0.39, 0.29) is 12.4 Å². The summed E-state index contributed by atoms with van der Waals surface area (Å²) < 4.78 is 12.8. The third kappa shape index (κ3) is 4.06. The van der Waals surface area contributed by atoms with Crippen LogP contribution in [0, 0.1) is 11.7 Å². The lowest BCUT2D eigenvalue weighted by Gasteiger charge is -2.11. The molecule has 1 rings (SSSR count). The summed E-state index contributed by atoms with van der Waals surface area (Å²) in [5, 5.41) is 12.0. The molecule has 3 nitrogen and oxygen atoms in total. The zero-order valence-corrected chi connectivity index (χ0v) is 9.54. The molecule has 0 aliphatic heterocycles. The number of anilines is 2. The summed E-state index contributed by atoms with van der Waals surface area (Å²) in [4.78, 5) is 0. The van der Waals surface area contributed by atoms with Gasteiger partial charge in [0.1, 0.15) is 5.82 Å². The van der Waals surface area contributed by atoms with E-state index in [1.54, 1.807) is 6.07 Å². The first-order chi connectivity index (χ1) is 7.63. The highest BCUT2D eigenvalue weighted by Crippen LogP contribution is 2.19. The summed E-state index contributed by atoms with van der Waals surface area (Å²) in [6.07, 6.45) is 1.92. The van der Waals surface area contributed by atoms with E-state index < -0.39 is 0 Å². The Morgan fingerprint density at radius 1 is 1.50 bits per heavy atom. The standard InChI is InChI=1S/C12H19FN2O/c1-9(8-16)3-2-6-15-12-5-4-10(13)7-11(12)14/h4-5,7,9,15-16H,2-3,6,8,14H2,1H3. The van der Waals surface area contributed by atoms with Crippen molar-refractivity contribution in [3.63, 3.8) is 0 Å². The lowest BCUT2D eigenvalue weighted by atomic mass is 10.1. The van der Waals surface area contributed by atoms with Gasteiger partial charge in [-0.1, -0.05) is 6.92 Å². The number of nitrogens with one attached hydrogen (secondary N) is 1. The zero-order valence-electron chi connectivity index (χ0n) is 9.54. The van der Waals surface area contributed by atoms with Crippen LogP contribution in [0.3, 0.4) is 0 Å². The largest absolute Gasteiger partial charge is 0.397 e. The number of nitrogen functional groups attached to an aromatic ring is 1. The Labute approximate surface area is 95.5 Å². The Hall–Kier alpha value is -1.29. The van der Waals surface area contributed by atoms with Crippen LogP contribution in [-0.2, 0) is 0 Å². The van der Waals surface area contributed by atoms with Crippen molar-refractivity contribution in [2.45, 2.75) is 19.8 Å². The van der Waals surface area contributed by atoms with Crippen molar-refractivity contribution in [2.24, 2.45) is 5.92 Å². The van der Waals surface area contributed by atoms with Crippen LogP contribution in [0.25, 0.3) is 0 Å². The Morgan fingerprint density at radius 2 is 2.25 bits per heavy atom. The minimum Gasteiger partial charge on any atom is -0.397 e. The second-order valence-electron chi connectivity index (χ2n) is 4.09. The van der Waals surface area contributed by atoms with Crippen molar-refractivity contribution in [3.05, 3.63) is 24.0 Å². The highest BCUT2D eigenvalue weighted by atomic mass is 19.1. The van der Waals surface area contributed by atoms with Gasteiger partial charge in [0, 0.05) is 13.2 Å². The Morgan fingerprint density at radius 3 is 2.88 bits per heavy atom. The minimum atomic E-state index is -0.322. The molecule has 16 heavy (non-hydrogen) atoms. The summed E-state index contributed by atoms with van der Waals surface area (Å²) in [7, 11) is 0. The van der Waals surface area contributed by atoms with E-state index in [0.29, 0.717) is 11.6 Å². The molecular weight excluding hydrogens is 207 g/mol. The van der Waals surface area contributed by atoms with Gasteiger partial charge in [-0.05, 0) is 37.0 Å². The van der Waals surface area contributed by atoms with Gasteiger partial charge in [0.15, 0.2) is 0 Å². The third-order valence-electron chi connectivity index (χ3n) is 2.51. The highest BCUT2D eigenvalue weighted by molar-refractivity contribution is 5.65. The number of halogens is 1. The first kappa shape index (κ1) is 12.8. The summed E-state index contributed by atoms with van der Waals surface area (Å²) in [6.45, 7) is 3.01. The molecule has 0 fully saturated rings. The average Bonchev–Trinajstić information content (AvgIpc) is 2.26. The Kier molecular flexibility index (Phi) is 5.05. The monoisotopic (exact) mass is 226 g/mol. The Balaban J connectivity index is 2.32. The van der Waals surface area contributed by atoms with Gasteiger partial charge in [-0.3, -0.25) is 0 Å². The lowest BCUT2D eigenvalue weighted by Crippen LogP contribution is -2.07. The lowest BCUT2D eigenvalue weighted by molar-refractivity contribution is 0.229. The van der Waals surface area contributed by atoms with Crippen LogP contribution in [0.1, 0.15) is 19.8 Å². The first-order valence-corrected chi connectivity index (χ1v) is 5.53. The summed E-state index contributed by atoms with van der Waals surface area (Å²) in [5.41, 5.74) is 6.84. The number of benzene rings is 1. The molecule has 0 amide bonds. The van der Waals surface area contributed by atoms with Crippen LogP contribution in [0.2, 0.25) is 0 Å². The molecule has 0 aromatic heterocycles. The van der Waals surface area contributed by atoms with E-state index in [1.165, 1.54) is 12.1 Å². The van der Waals surface area contributed by atoms with Crippen molar-refractivity contribution in [1.29, 1.82) is 0 Å². The van der Waals surface area contributed by atoms with Crippen molar-refractivity contribution >= 4 is 11.4 Å². The van der Waals surface area contributed by atoms with Crippen molar-refractivity contribution in [3.8, 4) is 0 Å². The quantitative estimate of drug-likeness (QED) is 0.515. The molecule has 0 bridgehead atoms. The van der Waals surface area contributed by atoms with E-state index in [0.717, 1.165) is 25.1 Å². The van der Waals surface area contributed by atoms with Crippen LogP contribution in [-0.4, -0.2) is 18.3 Å². The molecule has 0 radical (unpaired) electrons. The fourth-order valence-corrected chi connectivity index (χ4v) is 1.46. The maximum absolute atomic E-state index is 12.8. The van der Waals surface area contributed by atoms with E-state index in [9.17, 15) is 4.39 Å². The number of hydrogen-bond donors (Lipinski definition) is 3. The minimum absolute atomic E-state index is 0.221. The number of aliphatic hydroxyl groups excluding tert-OH is 1. The molecular formula is C12H19FN2O. The predicted molar refractivity (Wildman–Crippen MR) is 64.8 cm³/mol. The van der Waals surface area contributed by atoms with E-state index >= 15 is 0 Å². The van der Waals surface area contributed by atoms with E-state index in [1.807, 2.05) is 6.92 Å². The van der Waals surface area contributed by atoms with Crippen LogP contribution in [0.5, 0.6) is 0 Å². The molecule has 0 heterocycles. The molecule has 1 atom stereocenters. The van der Waals surface area contributed by atoms with Gasteiger partial charge < -0.3 is 16.2 Å². The fraction of sp³-hybridized carbons (Fsp3) is 0.500. The molecule has 0 saturated heterocycles. The Bertz CT molecular complexity index is 331. The van der Waals surface area contributed by atoms with Crippen molar-refractivity contribution in [1.82, 2.24) is 0 Å². The molecule has 90 valence electrons. The molecule has 0 saturated carbocycles. The average molecular weight is 226 g/mol.